The lowest BCUT2D eigenvalue weighted by Gasteiger charge is -2.17. The van der Waals surface area contributed by atoms with Gasteiger partial charge in [0.2, 0.25) is 0 Å². The van der Waals surface area contributed by atoms with Crippen molar-refractivity contribution in [2.45, 2.75) is 13.8 Å². The molecular weight excluding hydrogens is 380 g/mol. The molecule has 0 atom stereocenters. The number of carbonyl (C=O) groups excluding carboxylic acids is 2. The van der Waals surface area contributed by atoms with Crippen LogP contribution in [0.25, 0.3) is 0 Å². The molecular formula is C24H24N2O4. The first-order valence-corrected chi connectivity index (χ1v) is 9.44. The molecule has 0 bridgehead atoms. The van der Waals surface area contributed by atoms with Crippen molar-refractivity contribution < 1.29 is 19.1 Å². The third kappa shape index (κ3) is 4.43. The zero-order chi connectivity index (χ0) is 21.7. The van der Waals surface area contributed by atoms with Crippen LogP contribution in [0.1, 0.15) is 31.8 Å². The maximum atomic E-state index is 12.8. The Hall–Kier alpha value is -3.80. The third-order valence-electron chi connectivity index (χ3n) is 4.90. The molecule has 6 nitrogen and oxygen atoms in total. The van der Waals surface area contributed by atoms with E-state index in [-0.39, 0.29) is 11.8 Å². The van der Waals surface area contributed by atoms with Gasteiger partial charge in [0.05, 0.1) is 25.6 Å². The number of anilines is 2. The minimum atomic E-state index is -0.275. The van der Waals surface area contributed by atoms with Gasteiger partial charge < -0.3 is 20.1 Å². The number of hydrogen-bond donors (Lipinski definition) is 2. The highest BCUT2D eigenvalue weighted by Gasteiger charge is 2.17. The molecule has 0 aliphatic carbocycles. The van der Waals surface area contributed by atoms with Gasteiger partial charge in [-0.1, -0.05) is 30.3 Å². The Morgan fingerprint density at radius 3 is 1.87 bits per heavy atom. The van der Waals surface area contributed by atoms with Gasteiger partial charge in [-0.15, -0.1) is 0 Å². The van der Waals surface area contributed by atoms with Crippen LogP contribution in [-0.2, 0) is 0 Å². The lowest BCUT2D eigenvalue weighted by atomic mass is 10.0. The highest BCUT2D eigenvalue weighted by Crippen LogP contribution is 2.37. The molecule has 3 aromatic rings. The van der Waals surface area contributed by atoms with Crippen molar-refractivity contribution in [1.29, 1.82) is 0 Å². The van der Waals surface area contributed by atoms with Crippen LogP contribution in [0.3, 0.4) is 0 Å². The zero-order valence-corrected chi connectivity index (χ0v) is 17.4. The average Bonchev–Trinajstić information content (AvgIpc) is 2.76. The van der Waals surface area contributed by atoms with Crippen molar-refractivity contribution in [3.63, 3.8) is 0 Å². The predicted octanol–water partition coefficient (Wildman–Crippen LogP) is 4.83. The summed E-state index contributed by atoms with van der Waals surface area (Å²) in [7, 11) is 2.99. The number of amides is 2. The van der Waals surface area contributed by atoms with E-state index in [1.165, 1.54) is 14.2 Å². The van der Waals surface area contributed by atoms with Gasteiger partial charge >= 0.3 is 0 Å². The summed E-state index contributed by atoms with van der Waals surface area (Å²) in [6, 6.07) is 17.7. The van der Waals surface area contributed by atoms with Crippen molar-refractivity contribution >= 4 is 23.2 Å². The van der Waals surface area contributed by atoms with Gasteiger partial charge in [-0.25, -0.2) is 0 Å². The highest BCUT2D eigenvalue weighted by molar-refractivity contribution is 6.08. The summed E-state index contributed by atoms with van der Waals surface area (Å²) in [6.45, 7) is 3.87. The topological polar surface area (TPSA) is 76.7 Å². The van der Waals surface area contributed by atoms with E-state index in [9.17, 15) is 9.59 Å². The second-order valence-corrected chi connectivity index (χ2v) is 6.77. The van der Waals surface area contributed by atoms with Gasteiger partial charge in [0.1, 0.15) is 11.5 Å². The molecule has 0 fully saturated rings. The van der Waals surface area contributed by atoms with Crippen LogP contribution in [0.5, 0.6) is 11.5 Å². The summed E-state index contributed by atoms with van der Waals surface area (Å²) in [4.78, 5) is 25.3. The van der Waals surface area contributed by atoms with Crippen LogP contribution in [-0.4, -0.2) is 26.0 Å². The van der Waals surface area contributed by atoms with E-state index in [1.807, 2.05) is 32.0 Å². The average molecular weight is 404 g/mol. The molecule has 2 amide bonds. The predicted molar refractivity (Wildman–Crippen MR) is 118 cm³/mol. The van der Waals surface area contributed by atoms with Crippen molar-refractivity contribution in [2.75, 3.05) is 24.9 Å². The Kier molecular flexibility index (Phi) is 6.37. The molecule has 3 rings (SSSR count). The van der Waals surface area contributed by atoms with E-state index in [4.69, 9.17) is 9.47 Å². The molecule has 6 heteroatoms. The Balaban J connectivity index is 1.90. The fourth-order valence-electron chi connectivity index (χ4n) is 3.06. The lowest BCUT2D eigenvalue weighted by Crippen LogP contribution is -2.16. The molecule has 0 aliphatic rings. The molecule has 0 aromatic heterocycles. The van der Waals surface area contributed by atoms with Gasteiger partial charge in [0, 0.05) is 23.3 Å². The summed E-state index contributed by atoms with van der Waals surface area (Å²) >= 11 is 0. The zero-order valence-electron chi connectivity index (χ0n) is 17.4. The molecule has 2 N–H and O–H groups in total. The molecule has 154 valence electrons. The van der Waals surface area contributed by atoms with Gasteiger partial charge in [0.15, 0.2) is 0 Å². The summed E-state index contributed by atoms with van der Waals surface area (Å²) in [5.74, 6) is 0.273. The second kappa shape index (κ2) is 9.13. The fourth-order valence-corrected chi connectivity index (χ4v) is 3.06. The Labute approximate surface area is 175 Å². The number of rotatable bonds is 6. The van der Waals surface area contributed by atoms with Crippen LogP contribution in [0.4, 0.5) is 11.4 Å². The van der Waals surface area contributed by atoms with Crippen LogP contribution in [0.15, 0.2) is 60.7 Å². The first-order chi connectivity index (χ1) is 14.4. The number of ether oxygens (including phenoxy) is 2. The highest BCUT2D eigenvalue weighted by atomic mass is 16.5. The Bertz CT molecular complexity index is 1080. The van der Waals surface area contributed by atoms with E-state index < -0.39 is 0 Å². The smallest absolute Gasteiger partial charge is 0.256 e. The summed E-state index contributed by atoms with van der Waals surface area (Å²) in [5.41, 5.74) is 3.92. The van der Waals surface area contributed by atoms with Gasteiger partial charge in [0.25, 0.3) is 11.8 Å². The summed E-state index contributed by atoms with van der Waals surface area (Å²) in [5, 5.41) is 5.70. The minimum Gasteiger partial charge on any atom is -0.494 e. The van der Waals surface area contributed by atoms with Gasteiger partial charge in [-0.3, -0.25) is 9.59 Å². The maximum absolute atomic E-state index is 12.8. The van der Waals surface area contributed by atoms with E-state index in [1.54, 1.807) is 42.5 Å². The summed E-state index contributed by atoms with van der Waals surface area (Å²) < 4.78 is 10.9. The number of nitrogens with one attached hydrogen (secondary N) is 2. The quantitative estimate of drug-likeness (QED) is 0.617. The normalized spacial score (nSPS) is 10.3. The Morgan fingerprint density at radius 2 is 1.30 bits per heavy atom. The molecule has 0 aliphatic heterocycles. The largest absolute Gasteiger partial charge is 0.494 e. The van der Waals surface area contributed by atoms with Crippen molar-refractivity contribution in [2.24, 2.45) is 0 Å². The standard InChI is InChI=1S/C24H24N2O4/c1-15-9-8-12-18(16(15)2)24(28)26-20-14-21(29-3)19(13-22(20)30-4)25-23(27)17-10-6-5-7-11-17/h5-14H,1-4H3,(H,25,27)(H,26,28). The number of methoxy groups -OCH3 is 2. The molecule has 3 aromatic carbocycles. The second-order valence-electron chi connectivity index (χ2n) is 6.77. The number of aryl methyl sites for hydroxylation is 1. The van der Waals surface area contributed by atoms with Crippen LogP contribution >= 0.6 is 0 Å². The van der Waals surface area contributed by atoms with Crippen LogP contribution in [0, 0.1) is 13.8 Å². The molecule has 0 unspecified atom stereocenters. The SMILES string of the molecule is COc1cc(NC(=O)c2cccc(C)c2C)c(OC)cc1NC(=O)c1ccccc1. The monoisotopic (exact) mass is 404 g/mol. The lowest BCUT2D eigenvalue weighted by molar-refractivity contribution is 0.101. The number of carbonyl (C=O) groups is 2. The van der Waals surface area contributed by atoms with Crippen LogP contribution < -0.4 is 20.1 Å². The fraction of sp³-hybridized carbons (Fsp3) is 0.167. The van der Waals surface area contributed by atoms with E-state index in [0.717, 1.165) is 11.1 Å². The maximum Gasteiger partial charge on any atom is 0.256 e. The first kappa shape index (κ1) is 20.9. The molecule has 0 saturated carbocycles. The number of benzene rings is 3. The molecule has 0 heterocycles. The van der Waals surface area contributed by atoms with E-state index in [2.05, 4.69) is 10.6 Å². The van der Waals surface area contributed by atoms with Gasteiger partial charge in [-0.2, -0.15) is 0 Å². The first-order valence-electron chi connectivity index (χ1n) is 9.44. The van der Waals surface area contributed by atoms with Gasteiger partial charge in [-0.05, 0) is 43.2 Å². The molecule has 0 radical (unpaired) electrons. The van der Waals surface area contributed by atoms with E-state index in [0.29, 0.717) is 34.0 Å². The third-order valence-corrected chi connectivity index (χ3v) is 4.90. The van der Waals surface area contributed by atoms with Crippen molar-refractivity contribution in [3.05, 3.63) is 82.9 Å². The molecule has 0 saturated heterocycles. The van der Waals surface area contributed by atoms with Crippen molar-refractivity contribution in [3.8, 4) is 11.5 Å². The minimum absolute atomic E-state index is 0.252. The van der Waals surface area contributed by atoms with E-state index >= 15 is 0 Å². The molecule has 30 heavy (non-hydrogen) atoms. The number of hydrogen-bond acceptors (Lipinski definition) is 4. The molecule has 0 spiro atoms. The van der Waals surface area contributed by atoms with Crippen LogP contribution in [0.2, 0.25) is 0 Å². The van der Waals surface area contributed by atoms with Crippen molar-refractivity contribution in [1.82, 2.24) is 0 Å². The summed E-state index contributed by atoms with van der Waals surface area (Å²) in [6.07, 6.45) is 0. The Morgan fingerprint density at radius 1 is 0.733 bits per heavy atom.